The van der Waals surface area contributed by atoms with Crippen molar-refractivity contribution in [3.05, 3.63) is 59.7 Å². The van der Waals surface area contributed by atoms with Crippen LogP contribution in [0.3, 0.4) is 0 Å². The number of ether oxygens (including phenoxy) is 1. The van der Waals surface area contributed by atoms with E-state index in [2.05, 4.69) is 5.32 Å². The van der Waals surface area contributed by atoms with Crippen molar-refractivity contribution in [3.8, 4) is 5.75 Å². The minimum Gasteiger partial charge on any atom is -0.493 e. The lowest BCUT2D eigenvalue weighted by atomic mass is 10.00. The van der Waals surface area contributed by atoms with Crippen LogP contribution >= 0.6 is 0 Å². The van der Waals surface area contributed by atoms with Crippen molar-refractivity contribution in [1.29, 1.82) is 0 Å². The summed E-state index contributed by atoms with van der Waals surface area (Å²) in [6.07, 6.45) is 1.66. The van der Waals surface area contributed by atoms with Gasteiger partial charge in [0.25, 0.3) is 0 Å². The molecule has 1 aliphatic rings. The van der Waals surface area contributed by atoms with Crippen LogP contribution in [0.4, 0.5) is 0 Å². The number of nitrogens with zero attached hydrogens (tertiary/aromatic N) is 1. The molecule has 1 unspecified atom stereocenters. The van der Waals surface area contributed by atoms with Crippen LogP contribution in [-0.2, 0) is 21.2 Å². The number of nitrogens with one attached hydrogen (secondary N) is 1. The van der Waals surface area contributed by atoms with Gasteiger partial charge in [-0.05, 0) is 30.2 Å². The van der Waals surface area contributed by atoms with E-state index in [9.17, 15) is 13.2 Å². The molecular formula is C22H28N2O4S. The summed E-state index contributed by atoms with van der Waals surface area (Å²) in [6.45, 7) is 5.12. The molecule has 0 saturated heterocycles. The second kappa shape index (κ2) is 9.41. The van der Waals surface area contributed by atoms with Gasteiger partial charge in [-0.1, -0.05) is 44.2 Å². The number of hydrogen-bond acceptors (Lipinski definition) is 4. The van der Waals surface area contributed by atoms with Crippen molar-refractivity contribution in [2.24, 2.45) is 0 Å². The van der Waals surface area contributed by atoms with Crippen LogP contribution in [0.25, 0.3) is 0 Å². The third-order valence-electron chi connectivity index (χ3n) is 5.20. The summed E-state index contributed by atoms with van der Waals surface area (Å²) < 4.78 is 32.2. The Morgan fingerprint density at radius 2 is 1.79 bits per heavy atom. The van der Waals surface area contributed by atoms with Crippen LogP contribution < -0.4 is 10.1 Å². The van der Waals surface area contributed by atoms with E-state index in [1.54, 1.807) is 24.3 Å². The van der Waals surface area contributed by atoms with Crippen molar-refractivity contribution in [3.63, 3.8) is 0 Å². The smallest absolute Gasteiger partial charge is 0.243 e. The molecule has 2 aromatic rings. The standard InChI is InChI=1S/C22H28N2O4S/c1-3-24(4-2)29(26,27)18-12-9-17(10-13-18)11-14-22(25)23-20-15-16-28-21-8-6-5-7-19(20)21/h5-10,12-13,20H,3-4,11,14-16H2,1-2H3,(H,23,25). The first kappa shape index (κ1) is 21.3. The minimum atomic E-state index is -3.45. The number of carbonyl (C=O) groups excluding carboxylic acids is 1. The number of fused-ring (bicyclic) bond motifs is 1. The Labute approximate surface area is 172 Å². The summed E-state index contributed by atoms with van der Waals surface area (Å²) in [5.41, 5.74) is 1.95. The van der Waals surface area contributed by atoms with Crippen LogP contribution in [0.5, 0.6) is 5.75 Å². The number of benzene rings is 2. The molecule has 0 bridgehead atoms. The molecule has 0 radical (unpaired) electrons. The van der Waals surface area contributed by atoms with Crippen LogP contribution in [0.2, 0.25) is 0 Å². The molecule has 1 amide bonds. The molecular weight excluding hydrogens is 388 g/mol. The predicted octanol–water partition coefficient (Wildman–Crippen LogP) is 3.29. The fourth-order valence-electron chi connectivity index (χ4n) is 3.56. The summed E-state index contributed by atoms with van der Waals surface area (Å²) in [4.78, 5) is 12.7. The summed E-state index contributed by atoms with van der Waals surface area (Å²) in [5, 5.41) is 3.09. The zero-order valence-electron chi connectivity index (χ0n) is 16.9. The summed E-state index contributed by atoms with van der Waals surface area (Å²) >= 11 is 0. The Balaban J connectivity index is 1.58. The van der Waals surface area contributed by atoms with Gasteiger partial charge in [-0.2, -0.15) is 4.31 Å². The minimum absolute atomic E-state index is 0.0217. The highest BCUT2D eigenvalue weighted by Gasteiger charge is 2.23. The maximum atomic E-state index is 12.5. The number of amides is 1. The molecule has 29 heavy (non-hydrogen) atoms. The molecule has 0 spiro atoms. The van der Waals surface area contributed by atoms with E-state index in [0.29, 0.717) is 32.5 Å². The van der Waals surface area contributed by atoms with Gasteiger partial charge < -0.3 is 10.1 Å². The van der Waals surface area contributed by atoms with E-state index in [0.717, 1.165) is 23.3 Å². The number of rotatable bonds is 8. The number of sulfonamides is 1. The second-order valence-corrected chi connectivity index (χ2v) is 8.97. The average Bonchev–Trinajstić information content (AvgIpc) is 2.73. The predicted molar refractivity (Wildman–Crippen MR) is 112 cm³/mol. The second-order valence-electron chi connectivity index (χ2n) is 7.03. The summed E-state index contributed by atoms with van der Waals surface area (Å²) in [7, 11) is -3.45. The molecule has 156 valence electrons. The molecule has 1 aliphatic heterocycles. The van der Waals surface area contributed by atoms with Gasteiger partial charge in [0.15, 0.2) is 0 Å². The maximum Gasteiger partial charge on any atom is 0.243 e. The van der Waals surface area contributed by atoms with E-state index in [1.807, 2.05) is 38.1 Å². The first-order valence-electron chi connectivity index (χ1n) is 10.1. The number of aryl methyl sites for hydroxylation is 1. The Kier molecular flexibility index (Phi) is 6.92. The molecule has 7 heteroatoms. The SMILES string of the molecule is CCN(CC)S(=O)(=O)c1ccc(CCC(=O)NC2CCOc3ccccc32)cc1. The highest BCUT2D eigenvalue weighted by atomic mass is 32.2. The average molecular weight is 417 g/mol. The van der Waals surface area contributed by atoms with Crippen LogP contribution in [0.1, 0.15) is 43.9 Å². The highest BCUT2D eigenvalue weighted by Crippen LogP contribution is 2.31. The van der Waals surface area contributed by atoms with Crippen molar-refractivity contribution < 1.29 is 17.9 Å². The molecule has 1 heterocycles. The third-order valence-corrected chi connectivity index (χ3v) is 7.27. The van der Waals surface area contributed by atoms with Crippen molar-refractivity contribution in [2.45, 2.75) is 44.0 Å². The molecule has 0 aromatic heterocycles. The van der Waals surface area contributed by atoms with Gasteiger partial charge in [0.1, 0.15) is 5.75 Å². The van der Waals surface area contributed by atoms with E-state index in [-0.39, 0.29) is 16.8 Å². The topological polar surface area (TPSA) is 75.7 Å². The molecule has 3 rings (SSSR count). The number of para-hydroxylation sites is 1. The lowest BCUT2D eigenvalue weighted by Crippen LogP contribution is -2.32. The van der Waals surface area contributed by atoms with Gasteiger partial charge in [0, 0.05) is 31.5 Å². The van der Waals surface area contributed by atoms with Gasteiger partial charge in [-0.25, -0.2) is 8.42 Å². The van der Waals surface area contributed by atoms with Gasteiger partial charge >= 0.3 is 0 Å². The van der Waals surface area contributed by atoms with Crippen LogP contribution in [-0.4, -0.2) is 38.3 Å². The molecule has 2 aromatic carbocycles. The Morgan fingerprint density at radius 1 is 1.10 bits per heavy atom. The van der Waals surface area contributed by atoms with Crippen molar-refractivity contribution in [2.75, 3.05) is 19.7 Å². The highest BCUT2D eigenvalue weighted by molar-refractivity contribution is 7.89. The Hall–Kier alpha value is -2.38. The van der Waals surface area contributed by atoms with E-state index < -0.39 is 10.0 Å². The maximum absolute atomic E-state index is 12.5. The molecule has 0 aliphatic carbocycles. The zero-order valence-corrected chi connectivity index (χ0v) is 17.7. The quantitative estimate of drug-likeness (QED) is 0.717. The van der Waals surface area contributed by atoms with Crippen LogP contribution in [0.15, 0.2) is 53.4 Å². The van der Waals surface area contributed by atoms with Gasteiger partial charge in [0.2, 0.25) is 15.9 Å². The largest absolute Gasteiger partial charge is 0.493 e. The van der Waals surface area contributed by atoms with Gasteiger partial charge in [-0.15, -0.1) is 0 Å². The van der Waals surface area contributed by atoms with Gasteiger partial charge in [0.05, 0.1) is 17.5 Å². The fourth-order valence-corrected chi connectivity index (χ4v) is 5.02. The molecule has 0 saturated carbocycles. The van der Waals surface area contributed by atoms with Crippen molar-refractivity contribution in [1.82, 2.24) is 9.62 Å². The normalized spacial score (nSPS) is 16.2. The van der Waals surface area contributed by atoms with E-state index in [1.165, 1.54) is 4.31 Å². The molecule has 6 nitrogen and oxygen atoms in total. The third kappa shape index (κ3) is 4.97. The monoisotopic (exact) mass is 416 g/mol. The fraction of sp³-hybridized carbons (Fsp3) is 0.409. The van der Waals surface area contributed by atoms with Gasteiger partial charge in [-0.3, -0.25) is 4.79 Å². The first-order chi connectivity index (χ1) is 14.0. The lowest BCUT2D eigenvalue weighted by molar-refractivity contribution is -0.122. The summed E-state index contributed by atoms with van der Waals surface area (Å²) in [6, 6.07) is 14.5. The lowest BCUT2D eigenvalue weighted by Gasteiger charge is -2.26. The zero-order chi connectivity index (χ0) is 20.9. The number of carbonyl (C=O) groups is 1. The summed E-state index contributed by atoms with van der Waals surface area (Å²) in [5.74, 6) is 0.806. The van der Waals surface area contributed by atoms with Crippen LogP contribution in [0, 0.1) is 0 Å². The number of hydrogen-bond donors (Lipinski definition) is 1. The van der Waals surface area contributed by atoms with E-state index in [4.69, 9.17) is 4.74 Å². The van der Waals surface area contributed by atoms with E-state index >= 15 is 0 Å². The molecule has 0 fully saturated rings. The Morgan fingerprint density at radius 3 is 2.48 bits per heavy atom. The Bertz CT molecular complexity index is 938. The van der Waals surface area contributed by atoms with Crippen molar-refractivity contribution >= 4 is 15.9 Å². The molecule has 1 N–H and O–H groups in total. The first-order valence-corrected chi connectivity index (χ1v) is 11.5. The molecule has 1 atom stereocenters.